The van der Waals surface area contributed by atoms with Crippen LogP contribution >= 0.6 is 22.7 Å². The minimum atomic E-state index is 1.14. The summed E-state index contributed by atoms with van der Waals surface area (Å²) in [4.78, 5) is 2.45. The van der Waals surface area contributed by atoms with Crippen LogP contribution in [0.1, 0.15) is 0 Å². The van der Waals surface area contributed by atoms with Gasteiger partial charge in [0, 0.05) is 47.0 Å². The third-order valence-corrected chi connectivity index (χ3v) is 11.8. The molecule has 0 radical (unpaired) electrons. The quantitative estimate of drug-likeness (QED) is 0.174. The van der Waals surface area contributed by atoms with Crippen molar-refractivity contribution in [2.45, 2.75) is 0 Å². The van der Waals surface area contributed by atoms with Crippen LogP contribution in [0.25, 0.3) is 73.0 Å². The Morgan fingerprint density at radius 1 is 0.362 bits per heavy atom. The lowest BCUT2D eigenvalue weighted by Crippen LogP contribution is -2.10. The molecule has 8 aromatic carbocycles. The summed E-state index contributed by atoms with van der Waals surface area (Å²) in [5, 5.41) is 10.4. The fourth-order valence-electron chi connectivity index (χ4n) is 7.27. The lowest BCUT2D eigenvalue weighted by atomic mass is 9.93. The van der Waals surface area contributed by atoms with Gasteiger partial charge in [0.1, 0.15) is 0 Å². The topological polar surface area (TPSA) is 3.24 Å². The molecule has 0 unspecified atom stereocenters. The van der Waals surface area contributed by atoms with Gasteiger partial charge in [-0.25, -0.2) is 0 Å². The highest BCUT2D eigenvalue weighted by molar-refractivity contribution is 7.26. The average Bonchev–Trinajstić information content (AvgIpc) is 3.71. The first-order chi connectivity index (χ1) is 23.3. The summed E-state index contributed by atoms with van der Waals surface area (Å²) in [6, 6.07) is 60.2. The number of hydrogen-bond donors (Lipinski definition) is 0. The van der Waals surface area contributed by atoms with Gasteiger partial charge >= 0.3 is 0 Å². The maximum absolute atomic E-state index is 2.45. The standard InChI is InChI=1S/C44H27NS2/c1-2-11-32-29(10-1)26-38(34-13-4-3-12-33(32)34)28-20-22-30(23-21-28)45(31-24-25-43-39(27-31)36-15-6-7-18-41(36)46-43)40-17-9-16-37-35-14-5-8-19-42(35)47-44(37)40/h1-27H. The molecule has 0 aliphatic rings. The molecule has 0 N–H and O–H groups in total. The van der Waals surface area contributed by atoms with E-state index in [1.807, 2.05) is 22.7 Å². The molecular weight excluding hydrogens is 607 g/mol. The lowest BCUT2D eigenvalue weighted by molar-refractivity contribution is 1.31. The van der Waals surface area contributed by atoms with E-state index in [0.29, 0.717) is 0 Å². The summed E-state index contributed by atoms with van der Waals surface area (Å²) in [6.45, 7) is 0. The number of nitrogens with zero attached hydrogens (tertiary/aromatic N) is 1. The van der Waals surface area contributed by atoms with Gasteiger partial charge in [0.2, 0.25) is 0 Å². The van der Waals surface area contributed by atoms with Gasteiger partial charge in [0.25, 0.3) is 0 Å². The summed E-state index contributed by atoms with van der Waals surface area (Å²) in [6.07, 6.45) is 0. The van der Waals surface area contributed by atoms with Crippen LogP contribution in [0.5, 0.6) is 0 Å². The van der Waals surface area contributed by atoms with Crippen molar-refractivity contribution >= 4 is 102 Å². The predicted molar refractivity (Wildman–Crippen MR) is 207 cm³/mol. The number of anilines is 3. The van der Waals surface area contributed by atoms with Crippen LogP contribution in [0, 0.1) is 0 Å². The number of benzene rings is 8. The first-order valence-electron chi connectivity index (χ1n) is 15.9. The molecule has 220 valence electrons. The fraction of sp³-hybridized carbons (Fsp3) is 0. The van der Waals surface area contributed by atoms with Crippen LogP contribution in [0.4, 0.5) is 17.1 Å². The van der Waals surface area contributed by atoms with Crippen LogP contribution in [0.15, 0.2) is 164 Å². The Morgan fingerprint density at radius 3 is 1.77 bits per heavy atom. The smallest absolute Gasteiger partial charge is 0.0640 e. The van der Waals surface area contributed by atoms with Crippen molar-refractivity contribution in [3.05, 3.63) is 164 Å². The van der Waals surface area contributed by atoms with E-state index < -0.39 is 0 Å². The van der Waals surface area contributed by atoms with E-state index >= 15 is 0 Å². The van der Waals surface area contributed by atoms with E-state index in [2.05, 4.69) is 169 Å². The predicted octanol–water partition coefficient (Wildman–Crippen LogP) is 13.9. The van der Waals surface area contributed by atoms with Crippen molar-refractivity contribution in [3.8, 4) is 11.1 Å². The van der Waals surface area contributed by atoms with Crippen molar-refractivity contribution in [1.82, 2.24) is 0 Å². The third kappa shape index (κ3) is 4.21. The second kappa shape index (κ2) is 10.5. The molecule has 10 rings (SSSR count). The maximum atomic E-state index is 2.45. The van der Waals surface area contributed by atoms with E-state index in [-0.39, 0.29) is 0 Å². The minimum Gasteiger partial charge on any atom is -0.309 e. The van der Waals surface area contributed by atoms with Gasteiger partial charge in [-0.2, -0.15) is 0 Å². The molecular formula is C44H27NS2. The van der Waals surface area contributed by atoms with Crippen molar-refractivity contribution in [2.75, 3.05) is 4.90 Å². The first-order valence-corrected chi connectivity index (χ1v) is 17.6. The van der Waals surface area contributed by atoms with Crippen molar-refractivity contribution in [2.24, 2.45) is 0 Å². The fourth-order valence-corrected chi connectivity index (χ4v) is 9.56. The van der Waals surface area contributed by atoms with E-state index in [4.69, 9.17) is 0 Å². The highest BCUT2D eigenvalue weighted by Gasteiger charge is 2.19. The zero-order valence-corrected chi connectivity index (χ0v) is 27.0. The largest absolute Gasteiger partial charge is 0.309 e. The Hall–Kier alpha value is -5.48. The first kappa shape index (κ1) is 26.7. The van der Waals surface area contributed by atoms with Crippen LogP contribution in [0.3, 0.4) is 0 Å². The minimum absolute atomic E-state index is 1.14. The van der Waals surface area contributed by atoms with Crippen LogP contribution in [-0.4, -0.2) is 0 Å². The molecule has 2 aromatic heterocycles. The van der Waals surface area contributed by atoms with Gasteiger partial charge in [-0.1, -0.05) is 109 Å². The second-order valence-electron chi connectivity index (χ2n) is 12.1. The number of hydrogen-bond acceptors (Lipinski definition) is 3. The lowest BCUT2D eigenvalue weighted by Gasteiger charge is -2.26. The third-order valence-electron chi connectivity index (χ3n) is 9.45. The summed E-state index contributed by atoms with van der Waals surface area (Å²) in [5.74, 6) is 0. The highest BCUT2D eigenvalue weighted by Crippen LogP contribution is 2.46. The van der Waals surface area contributed by atoms with Crippen molar-refractivity contribution in [1.29, 1.82) is 0 Å². The Morgan fingerprint density at radius 2 is 0.957 bits per heavy atom. The second-order valence-corrected chi connectivity index (χ2v) is 14.2. The normalized spacial score (nSPS) is 11.8. The van der Waals surface area contributed by atoms with Crippen molar-refractivity contribution in [3.63, 3.8) is 0 Å². The molecule has 1 nitrogen and oxygen atoms in total. The van der Waals surface area contributed by atoms with Gasteiger partial charge in [-0.05, 0) is 87.3 Å². The Labute approximate surface area is 280 Å². The highest BCUT2D eigenvalue weighted by atomic mass is 32.1. The van der Waals surface area contributed by atoms with Gasteiger partial charge in [-0.15, -0.1) is 22.7 Å². The van der Waals surface area contributed by atoms with Crippen LogP contribution in [-0.2, 0) is 0 Å². The molecule has 0 atom stereocenters. The molecule has 0 aliphatic carbocycles. The SMILES string of the molecule is c1ccc2c(c1)cc(-c1ccc(N(c3ccc4sc5ccccc5c4c3)c3cccc4c3sc3ccccc34)cc1)c1ccccc12. The maximum Gasteiger partial charge on any atom is 0.0640 e. The summed E-state index contributed by atoms with van der Waals surface area (Å²) >= 11 is 3.74. The Balaban J connectivity index is 1.19. The Bertz CT molecular complexity index is 2800. The molecule has 0 bridgehead atoms. The van der Waals surface area contributed by atoms with E-state index in [0.717, 1.165) is 11.4 Å². The number of fused-ring (bicyclic) bond motifs is 9. The average molecular weight is 634 g/mol. The van der Waals surface area contributed by atoms with E-state index in [1.54, 1.807) is 0 Å². The molecule has 10 aromatic rings. The Kier molecular flexibility index (Phi) is 5.98. The molecule has 0 fully saturated rings. The van der Waals surface area contributed by atoms with Crippen LogP contribution in [0.2, 0.25) is 0 Å². The molecule has 2 heterocycles. The van der Waals surface area contributed by atoms with Gasteiger partial charge in [0.15, 0.2) is 0 Å². The molecule has 0 amide bonds. The van der Waals surface area contributed by atoms with Crippen LogP contribution < -0.4 is 4.90 Å². The molecule has 0 saturated heterocycles. The molecule has 3 heteroatoms. The zero-order chi connectivity index (χ0) is 30.9. The summed E-state index contributed by atoms with van der Waals surface area (Å²) in [5.41, 5.74) is 5.98. The van der Waals surface area contributed by atoms with E-state index in [9.17, 15) is 0 Å². The molecule has 0 spiro atoms. The molecule has 0 aliphatic heterocycles. The van der Waals surface area contributed by atoms with Gasteiger partial charge < -0.3 is 4.90 Å². The number of thiophene rings is 2. The molecule has 0 saturated carbocycles. The summed E-state index contributed by atoms with van der Waals surface area (Å²) in [7, 11) is 0. The van der Waals surface area contributed by atoms with E-state index in [1.165, 1.54) is 78.7 Å². The summed E-state index contributed by atoms with van der Waals surface area (Å²) < 4.78 is 5.25. The monoisotopic (exact) mass is 633 g/mol. The van der Waals surface area contributed by atoms with Gasteiger partial charge in [0.05, 0.1) is 10.4 Å². The van der Waals surface area contributed by atoms with Crippen molar-refractivity contribution < 1.29 is 0 Å². The number of rotatable bonds is 4. The molecule has 47 heavy (non-hydrogen) atoms. The zero-order valence-electron chi connectivity index (χ0n) is 25.4. The van der Waals surface area contributed by atoms with Gasteiger partial charge in [-0.3, -0.25) is 0 Å².